The van der Waals surface area contributed by atoms with E-state index >= 15 is 0 Å². The van der Waals surface area contributed by atoms with Crippen molar-refractivity contribution in [2.24, 2.45) is 11.8 Å². The standard InChI is InChI=1S/C21H25NO/c1-13-9-5-7-11-17(13)19-15(3)21(23)16(4)20(22-19)18-12-8-6-10-14(18)2/h5-12,15-16,19-20,22H,1-4H3/t15-,16+,19-,20-/m1/s1. The fourth-order valence-corrected chi connectivity index (χ4v) is 3.82. The molecule has 3 rings (SSSR count). The zero-order chi connectivity index (χ0) is 16.6. The zero-order valence-corrected chi connectivity index (χ0v) is 14.3. The third-order valence-corrected chi connectivity index (χ3v) is 5.30. The predicted molar refractivity (Wildman–Crippen MR) is 94.3 cm³/mol. The van der Waals surface area contributed by atoms with Crippen LogP contribution >= 0.6 is 0 Å². The first-order chi connectivity index (χ1) is 11.0. The molecule has 1 heterocycles. The van der Waals surface area contributed by atoms with Gasteiger partial charge in [-0.25, -0.2) is 0 Å². The van der Waals surface area contributed by atoms with E-state index in [0.29, 0.717) is 5.78 Å². The summed E-state index contributed by atoms with van der Waals surface area (Å²) in [7, 11) is 0. The predicted octanol–water partition coefficient (Wildman–Crippen LogP) is 4.53. The maximum atomic E-state index is 12.9. The smallest absolute Gasteiger partial charge is 0.142 e. The molecule has 4 atom stereocenters. The highest BCUT2D eigenvalue weighted by molar-refractivity contribution is 5.85. The minimum absolute atomic E-state index is 0.00799. The number of carbonyl (C=O) groups is 1. The van der Waals surface area contributed by atoms with E-state index in [-0.39, 0.29) is 23.9 Å². The van der Waals surface area contributed by atoms with E-state index in [1.165, 1.54) is 22.3 Å². The number of piperidine rings is 1. The molecule has 2 aromatic rings. The molecule has 0 bridgehead atoms. The second-order valence-corrected chi connectivity index (χ2v) is 6.81. The van der Waals surface area contributed by atoms with Crippen molar-refractivity contribution < 1.29 is 4.79 Å². The van der Waals surface area contributed by atoms with Gasteiger partial charge in [-0.15, -0.1) is 0 Å². The number of aryl methyl sites for hydroxylation is 2. The van der Waals surface area contributed by atoms with E-state index in [4.69, 9.17) is 0 Å². The highest BCUT2D eigenvalue weighted by atomic mass is 16.1. The number of hydrogen-bond acceptors (Lipinski definition) is 2. The lowest BCUT2D eigenvalue weighted by Gasteiger charge is -2.40. The molecule has 0 aliphatic carbocycles. The lowest BCUT2D eigenvalue weighted by atomic mass is 9.75. The largest absolute Gasteiger partial charge is 0.302 e. The topological polar surface area (TPSA) is 29.1 Å². The molecule has 23 heavy (non-hydrogen) atoms. The normalized spacial score (nSPS) is 27.9. The summed E-state index contributed by atoms with van der Waals surface area (Å²) < 4.78 is 0. The van der Waals surface area contributed by atoms with Crippen molar-refractivity contribution in [3.63, 3.8) is 0 Å². The summed E-state index contributed by atoms with van der Waals surface area (Å²) in [6.45, 7) is 8.35. The second kappa shape index (κ2) is 6.29. The van der Waals surface area contributed by atoms with Crippen LogP contribution in [0.4, 0.5) is 0 Å². The Labute approximate surface area is 138 Å². The Morgan fingerprint density at radius 1 is 0.739 bits per heavy atom. The molecule has 1 aliphatic heterocycles. The molecule has 120 valence electrons. The van der Waals surface area contributed by atoms with Crippen LogP contribution in [-0.4, -0.2) is 5.78 Å². The van der Waals surface area contributed by atoms with Gasteiger partial charge in [0.15, 0.2) is 0 Å². The van der Waals surface area contributed by atoms with Gasteiger partial charge in [0, 0.05) is 23.9 Å². The van der Waals surface area contributed by atoms with E-state index in [0.717, 1.165) is 0 Å². The van der Waals surface area contributed by atoms with Crippen LogP contribution in [-0.2, 0) is 4.79 Å². The van der Waals surface area contributed by atoms with Crippen LogP contribution in [0.1, 0.15) is 48.2 Å². The molecule has 0 radical (unpaired) electrons. The van der Waals surface area contributed by atoms with E-state index in [1.54, 1.807) is 0 Å². The zero-order valence-electron chi connectivity index (χ0n) is 14.3. The third kappa shape index (κ3) is 2.84. The highest BCUT2D eigenvalue weighted by Crippen LogP contribution is 2.39. The first kappa shape index (κ1) is 15.9. The third-order valence-electron chi connectivity index (χ3n) is 5.30. The number of rotatable bonds is 2. The first-order valence-electron chi connectivity index (χ1n) is 8.41. The number of benzene rings is 2. The number of carbonyl (C=O) groups excluding carboxylic acids is 1. The average Bonchev–Trinajstić information content (AvgIpc) is 2.55. The van der Waals surface area contributed by atoms with Crippen molar-refractivity contribution in [3.05, 3.63) is 70.8 Å². The summed E-state index contributed by atoms with van der Waals surface area (Å²) in [5, 5.41) is 3.78. The van der Waals surface area contributed by atoms with Crippen LogP contribution in [0, 0.1) is 25.7 Å². The molecule has 2 aromatic carbocycles. The molecule has 0 aromatic heterocycles. The minimum Gasteiger partial charge on any atom is -0.302 e. The Hall–Kier alpha value is -1.93. The number of ketones is 1. The molecule has 1 saturated heterocycles. The van der Waals surface area contributed by atoms with E-state index < -0.39 is 0 Å². The Morgan fingerprint density at radius 2 is 1.13 bits per heavy atom. The summed E-state index contributed by atoms with van der Waals surface area (Å²) >= 11 is 0. The van der Waals surface area contributed by atoms with Crippen molar-refractivity contribution >= 4 is 5.78 Å². The molecule has 0 saturated carbocycles. The van der Waals surface area contributed by atoms with Gasteiger partial charge < -0.3 is 5.32 Å². The number of Topliss-reactive ketones (excluding diaryl/α,β-unsaturated/α-hetero) is 1. The maximum absolute atomic E-state index is 12.9. The fourth-order valence-electron chi connectivity index (χ4n) is 3.82. The minimum atomic E-state index is -0.00799. The Bertz CT molecular complexity index is 662. The number of hydrogen-bond donors (Lipinski definition) is 1. The number of nitrogens with one attached hydrogen (secondary N) is 1. The van der Waals surface area contributed by atoms with E-state index in [1.807, 2.05) is 0 Å². The van der Waals surface area contributed by atoms with Gasteiger partial charge in [-0.1, -0.05) is 62.4 Å². The monoisotopic (exact) mass is 307 g/mol. The molecule has 0 unspecified atom stereocenters. The summed E-state index contributed by atoms with van der Waals surface area (Å²) in [5.41, 5.74) is 4.95. The fraction of sp³-hybridized carbons (Fsp3) is 0.381. The van der Waals surface area contributed by atoms with E-state index in [2.05, 4.69) is 81.5 Å². The van der Waals surface area contributed by atoms with Crippen LogP contribution in [0.2, 0.25) is 0 Å². The van der Waals surface area contributed by atoms with Crippen LogP contribution in [0.5, 0.6) is 0 Å². The molecule has 0 amide bonds. The van der Waals surface area contributed by atoms with Gasteiger partial charge in [0.2, 0.25) is 0 Å². The second-order valence-electron chi connectivity index (χ2n) is 6.81. The van der Waals surface area contributed by atoms with Crippen LogP contribution in [0.15, 0.2) is 48.5 Å². The Balaban J connectivity index is 2.02. The quantitative estimate of drug-likeness (QED) is 0.883. The van der Waals surface area contributed by atoms with Crippen LogP contribution in [0.3, 0.4) is 0 Å². The summed E-state index contributed by atoms with van der Waals surface area (Å²) in [6.07, 6.45) is 0. The van der Waals surface area contributed by atoms with E-state index in [9.17, 15) is 4.79 Å². The lowest BCUT2D eigenvalue weighted by Crippen LogP contribution is -2.46. The van der Waals surface area contributed by atoms with Gasteiger partial charge in [-0.3, -0.25) is 4.79 Å². The van der Waals surface area contributed by atoms with Gasteiger partial charge in [-0.2, -0.15) is 0 Å². The first-order valence-corrected chi connectivity index (χ1v) is 8.41. The van der Waals surface area contributed by atoms with Crippen molar-refractivity contribution in [1.82, 2.24) is 5.32 Å². The molecular weight excluding hydrogens is 282 g/mol. The molecule has 1 aliphatic rings. The van der Waals surface area contributed by atoms with Crippen molar-refractivity contribution in [2.75, 3.05) is 0 Å². The maximum Gasteiger partial charge on any atom is 0.142 e. The Kier molecular flexibility index (Phi) is 4.36. The molecule has 0 spiro atoms. The highest BCUT2D eigenvalue weighted by Gasteiger charge is 2.40. The summed E-state index contributed by atoms with van der Waals surface area (Å²) in [5.74, 6) is 0.336. The van der Waals surface area contributed by atoms with Gasteiger partial charge in [0.25, 0.3) is 0 Å². The summed E-state index contributed by atoms with van der Waals surface area (Å²) in [6, 6.07) is 16.9. The lowest BCUT2D eigenvalue weighted by molar-refractivity contribution is -0.130. The van der Waals surface area contributed by atoms with Gasteiger partial charge in [0.1, 0.15) is 5.78 Å². The molecule has 2 heteroatoms. The molecule has 1 N–H and O–H groups in total. The molecule has 1 fully saturated rings. The summed E-state index contributed by atoms with van der Waals surface area (Å²) in [4.78, 5) is 12.9. The molecular formula is C21H25NO. The molecule has 2 nitrogen and oxygen atoms in total. The van der Waals surface area contributed by atoms with Gasteiger partial charge in [-0.05, 0) is 36.1 Å². The van der Waals surface area contributed by atoms with Crippen molar-refractivity contribution in [3.8, 4) is 0 Å². The Morgan fingerprint density at radius 3 is 1.52 bits per heavy atom. The van der Waals surface area contributed by atoms with Crippen LogP contribution in [0.25, 0.3) is 0 Å². The van der Waals surface area contributed by atoms with Gasteiger partial charge >= 0.3 is 0 Å². The van der Waals surface area contributed by atoms with Crippen LogP contribution < -0.4 is 5.32 Å². The SMILES string of the molecule is Cc1ccccc1[C@@H]1N[C@@H](c2ccccc2C)[C@@H](C)C(=O)[C@H]1C. The average molecular weight is 307 g/mol. The van der Waals surface area contributed by atoms with Crippen molar-refractivity contribution in [1.29, 1.82) is 0 Å². The van der Waals surface area contributed by atoms with Crippen molar-refractivity contribution in [2.45, 2.75) is 39.8 Å². The van der Waals surface area contributed by atoms with Gasteiger partial charge in [0.05, 0.1) is 0 Å².